The van der Waals surface area contributed by atoms with Gasteiger partial charge in [0, 0.05) is 0 Å². The molecule has 0 nitrogen and oxygen atoms in total. The van der Waals surface area contributed by atoms with E-state index in [0.717, 1.165) is 0 Å². The molecule has 0 bridgehead atoms. The predicted octanol–water partition coefficient (Wildman–Crippen LogP) is 9.20. The number of hydrogen-bond acceptors (Lipinski definition) is 0. The molecule has 0 aliphatic carbocycles. The Morgan fingerprint density at radius 3 is 2.00 bits per heavy atom. The minimum atomic E-state index is 0.286. The summed E-state index contributed by atoms with van der Waals surface area (Å²) in [4.78, 5) is 0. The van der Waals surface area contributed by atoms with Crippen molar-refractivity contribution in [2.24, 2.45) is 11.3 Å². The molecule has 0 amide bonds. The minimum Gasteiger partial charge on any atom is -0.0803 e. The Hall–Kier alpha value is -2.08. The van der Waals surface area contributed by atoms with Gasteiger partial charge < -0.3 is 0 Å². The third kappa shape index (κ3) is 8.86. The lowest BCUT2D eigenvalue weighted by Gasteiger charge is -2.28. The quantitative estimate of drug-likeness (QED) is 0.204. The average molecular weight is 389 g/mol. The molecule has 0 aromatic heterocycles. The molecule has 0 spiro atoms. The second kappa shape index (κ2) is 12.5. The molecule has 0 saturated carbocycles. The summed E-state index contributed by atoms with van der Waals surface area (Å²) in [5, 5.41) is 0. The first kappa shape index (κ1) is 23.2. The van der Waals surface area contributed by atoms with Crippen molar-refractivity contribution in [2.75, 3.05) is 0 Å². The molecule has 2 rings (SSSR count). The van der Waals surface area contributed by atoms with Gasteiger partial charge in [0.25, 0.3) is 0 Å². The van der Waals surface area contributed by atoms with E-state index in [-0.39, 0.29) is 5.41 Å². The van der Waals surface area contributed by atoms with Crippen molar-refractivity contribution >= 4 is 11.6 Å². The van der Waals surface area contributed by atoms with Crippen LogP contribution in [0.5, 0.6) is 0 Å². The Bertz CT molecular complexity index is 729. The maximum atomic E-state index is 2.47. The van der Waals surface area contributed by atoms with E-state index in [0.29, 0.717) is 5.92 Å². The number of rotatable bonds is 11. The first-order chi connectivity index (χ1) is 14.0. The lowest BCUT2D eigenvalue weighted by atomic mass is 9.77. The smallest absolute Gasteiger partial charge is 0.0181 e. The summed E-state index contributed by atoms with van der Waals surface area (Å²) in [6, 6.07) is 21.4. The van der Waals surface area contributed by atoms with E-state index in [2.05, 4.69) is 107 Å². The van der Waals surface area contributed by atoms with Gasteiger partial charge in [-0.15, -0.1) is 0 Å². The zero-order chi connectivity index (χ0) is 21.0. The third-order valence-corrected chi connectivity index (χ3v) is 5.72. The van der Waals surface area contributed by atoms with Gasteiger partial charge in [-0.25, -0.2) is 0 Å². The Morgan fingerprint density at radius 1 is 0.793 bits per heavy atom. The highest BCUT2D eigenvalue weighted by molar-refractivity contribution is 5.87. The molecule has 2 aromatic carbocycles. The first-order valence-electron chi connectivity index (χ1n) is 11.5. The Balaban J connectivity index is 2.14. The zero-order valence-electron chi connectivity index (χ0n) is 19.0. The van der Waals surface area contributed by atoms with Crippen molar-refractivity contribution in [1.82, 2.24) is 0 Å². The van der Waals surface area contributed by atoms with Crippen molar-refractivity contribution in [3.05, 3.63) is 83.9 Å². The number of unbranched alkanes of at least 4 members (excludes halogenated alkanes) is 5. The van der Waals surface area contributed by atoms with Gasteiger partial charge in [-0.2, -0.15) is 0 Å². The topological polar surface area (TPSA) is 0 Å². The molecule has 1 unspecified atom stereocenters. The van der Waals surface area contributed by atoms with E-state index in [9.17, 15) is 0 Å². The molecule has 0 radical (unpaired) electrons. The van der Waals surface area contributed by atoms with Gasteiger partial charge in [0.1, 0.15) is 0 Å². The molecule has 0 saturated heterocycles. The summed E-state index contributed by atoms with van der Waals surface area (Å²) in [5.74, 6) is 0.594. The van der Waals surface area contributed by atoms with Gasteiger partial charge in [-0.1, -0.05) is 139 Å². The van der Waals surface area contributed by atoms with E-state index in [1.165, 1.54) is 61.6 Å². The normalized spacial score (nSPS) is 13.7. The zero-order valence-corrected chi connectivity index (χ0v) is 19.0. The Kier molecular flexibility index (Phi) is 9.98. The molecular formula is C29H40. The van der Waals surface area contributed by atoms with Crippen LogP contribution in [-0.4, -0.2) is 0 Å². The SMILES string of the molecule is CCCCCCCCC(/C=C/C(=C/c1ccccc1)c1ccccc1)C(C)(C)C. The van der Waals surface area contributed by atoms with Crippen molar-refractivity contribution in [3.8, 4) is 0 Å². The van der Waals surface area contributed by atoms with Crippen LogP contribution in [0.25, 0.3) is 11.6 Å². The van der Waals surface area contributed by atoms with Crippen LogP contribution in [0.2, 0.25) is 0 Å². The van der Waals surface area contributed by atoms with Crippen molar-refractivity contribution in [2.45, 2.75) is 72.6 Å². The maximum absolute atomic E-state index is 2.47. The van der Waals surface area contributed by atoms with Gasteiger partial charge in [-0.3, -0.25) is 0 Å². The van der Waals surface area contributed by atoms with E-state index < -0.39 is 0 Å². The average Bonchev–Trinajstić information content (AvgIpc) is 2.72. The molecule has 0 fully saturated rings. The van der Waals surface area contributed by atoms with Crippen LogP contribution in [0.1, 0.15) is 83.8 Å². The lowest BCUT2D eigenvalue weighted by Crippen LogP contribution is -2.18. The summed E-state index contributed by atoms with van der Waals surface area (Å²) in [5.41, 5.74) is 4.10. The fourth-order valence-corrected chi connectivity index (χ4v) is 3.77. The van der Waals surface area contributed by atoms with Crippen LogP contribution in [0.4, 0.5) is 0 Å². The monoisotopic (exact) mass is 388 g/mol. The second-order valence-electron chi connectivity index (χ2n) is 9.26. The molecule has 1 atom stereocenters. The van der Waals surface area contributed by atoms with Crippen LogP contribution < -0.4 is 0 Å². The summed E-state index contributed by atoms with van der Waals surface area (Å²) >= 11 is 0. The molecule has 156 valence electrons. The molecule has 0 aliphatic rings. The van der Waals surface area contributed by atoms with Gasteiger partial charge in [0.05, 0.1) is 0 Å². The fourth-order valence-electron chi connectivity index (χ4n) is 3.77. The maximum Gasteiger partial charge on any atom is -0.0181 e. The van der Waals surface area contributed by atoms with Crippen molar-refractivity contribution in [3.63, 3.8) is 0 Å². The summed E-state index contributed by atoms with van der Waals surface area (Å²) in [7, 11) is 0. The lowest BCUT2D eigenvalue weighted by molar-refractivity contribution is 0.271. The van der Waals surface area contributed by atoms with E-state index >= 15 is 0 Å². The minimum absolute atomic E-state index is 0.286. The molecule has 0 heteroatoms. The standard InChI is InChI=1S/C29H40/c1-5-6-7-8-9-16-21-28(29(2,3)4)23-22-27(26-19-14-11-15-20-26)24-25-17-12-10-13-18-25/h10-15,17-20,22-24,28H,5-9,16,21H2,1-4H3/b23-22+,27-24-. The van der Waals surface area contributed by atoms with Crippen LogP contribution in [0.3, 0.4) is 0 Å². The van der Waals surface area contributed by atoms with Crippen LogP contribution in [0, 0.1) is 11.3 Å². The number of benzene rings is 2. The van der Waals surface area contributed by atoms with Crippen molar-refractivity contribution < 1.29 is 0 Å². The van der Waals surface area contributed by atoms with Crippen LogP contribution >= 0.6 is 0 Å². The molecule has 29 heavy (non-hydrogen) atoms. The number of allylic oxidation sites excluding steroid dienone is 3. The largest absolute Gasteiger partial charge is 0.0803 e. The van der Waals surface area contributed by atoms with Gasteiger partial charge in [-0.05, 0) is 40.5 Å². The van der Waals surface area contributed by atoms with E-state index in [1.807, 2.05) is 0 Å². The summed E-state index contributed by atoms with van der Waals surface area (Å²) < 4.78 is 0. The Labute approximate surface area is 179 Å². The van der Waals surface area contributed by atoms with Gasteiger partial charge in [0.15, 0.2) is 0 Å². The highest BCUT2D eigenvalue weighted by atomic mass is 14.3. The van der Waals surface area contributed by atoms with Gasteiger partial charge >= 0.3 is 0 Å². The highest BCUT2D eigenvalue weighted by Gasteiger charge is 2.21. The molecule has 0 heterocycles. The van der Waals surface area contributed by atoms with Crippen LogP contribution in [0.15, 0.2) is 72.8 Å². The second-order valence-corrected chi connectivity index (χ2v) is 9.26. The highest BCUT2D eigenvalue weighted by Crippen LogP contribution is 2.33. The van der Waals surface area contributed by atoms with E-state index in [4.69, 9.17) is 0 Å². The Morgan fingerprint density at radius 2 is 1.38 bits per heavy atom. The van der Waals surface area contributed by atoms with Crippen LogP contribution in [-0.2, 0) is 0 Å². The third-order valence-electron chi connectivity index (χ3n) is 5.72. The fraction of sp³-hybridized carbons (Fsp3) is 0.448. The molecule has 2 aromatic rings. The number of hydrogen-bond donors (Lipinski definition) is 0. The molecular weight excluding hydrogens is 348 g/mol. The summed E-state index contributed by atoms with van der Waals surface area (Å²) in [6.07, 6.45) is 16.6. The summed E-state index contributed by atoms with van der Waals surface area (Å²) in [6.45, 7) is 9.42. The predicted molar refractivity (Wildman–Crippen MR) is 131 cm³/mol. The first-order valence-corrected chi connectivity index (χ1v) is 11.5. The van der Waals surface area contributed by atoms with Gasteiger partial charge in [0.2, 0.25) is 0 Å². The molecule has 0 N–H and O–H groups in total. The van der Waals surface area contributed by atoms with Crippen molar-refractivity contribution in [1.29, 1.82) is 0 Å². The molecule has 0 aliphatic heterocycles. The van der Waals surface area contributed by atoms with E-state index in [1.54, 1.807) is 0 Å².